The standard InChI is InChI=1S/C28H43FO3/c1-5-28(32,6-2)16-7-9-19(3)23-13-14-24-20(10-8-15-27(23,24)4)11-12-21-17-22(30)18-25(29)26(21)31/h11-13,19,22,24-25,30,32H,5-10,14-18H2,1-4H3/b20-11-,21-12+. The third kappa shape index (κ3) is 5.28. The third-order valence-corrected chi connectivity index (χ3v) is 8.77. The van der Waals surface area contributed by atoms with Gasteiger partial charge in [-0.15, -0.1) is 0 Å². The SMILES string of the molecule is CCC(O)(CC)CCCC(C)C1=CCC2/C(=C\C=C3/CC(O)CC(F)C3=O)CCCC12C. The van der Waals surface area contributed by atoms with E-state index >= 15 is 0 Å². The Bertz CT molecular complexity index is 776. The lowest BCUT2D eigenvalue weighted by Crippen LogP contribution is -2.33. The van der Waals surface area contributed by atoms with Gasteiger partial charge in [-0.05, 0) is 68.6 Å². The first kappa shape index (κ1) is 25.4. The Hall–Kier alpha value is -1.26. The average Bonchev–Trinajstić information content (AvgIpc) is 3.12. The molecule has 180 valence electrons. The molecule has 0 amide bonds. The average molecular weight is 447 g/mol. The van der Waals surface area contributed by atoms with Crippen LogP contribution in [0.3, 0.4) is 0 Å². The lowest BCUT2D eigenvalue weighted by molar-refractivity contribution is -0.123. The van der Waals surface area contributed by atoms with Crippen molar-refractivity contribution in [2.24, 2.45) is 17.3 Å². The van der Waals surface area contributed by atoms with Gasteiger partial charge >= 0.3 is 0 Å². The Morgan fingerprint density at radius 2 is 2.03 bits per heavy atom. The normalized spacial score (nSPS) is 34.7. The van der Waals surface area contributed by atoms with Crippen molar-refractivity contribution < 1.29 is 19.4 Å². The Kier molecular flexibility index (Phi) is 8.20. The summed E-state index contributed by atoms with van der Waals surface area (Å²) in [5, 5.41) is 20.5. The highest BCUT2D eigenvalue weighted by Crippen LogP contribution is 2.57. The molecule has 0 spiro atoms. The van der Waals surface area contributed by atoms with Crippen molar-refractivity contribution in [2.75, 3.05) is 0 Å². The first-order chi connectivity index (χ1) is 15.1. The van der Waals surface area contributed by atoms with Crippen LogP contribution in [-0.4, -0.2) is 33.9 Å². The monoisotopic (exact) mass is 446 g/mol. The summed E-state index contributed by atoms with van der Waals surface area (Å²) in [7, 11) is 0. The van der Waals surface area contributed by atoms with Crippen molar-refractivity contribution in [1.82, 2.24) is 0 Å². The second kappa shape index (κ2) is 10.3. The number of aliphatic hydroxyl groups is 2. The summed E-state index contributed by atoms with van der Waals surface area (Å²) in [5.74, 6) is 0.491. The van der Waals surface area contributed by atoms with E-state index in [2.05, 4.69) is 39.8 Å². The molecule has 0 heterocycles. The number of halogens is 1. The zero-order valence-electron chi connectivity index (χ0n) is 20.5. The molecule has 3 aliphatic rings. The Labute approximate surface area is 193 Å². The maximum absolute atomic E-state index is 13.9. The Balaban J connectivity index is 1.68. The molecule has 0 aromatic heterocycles. The van der Waals surface area contributed by atoms with Crippen LogP contribution in [0.4, 0.5) is 4.39 Å². The molecule has 0 saturated heterocycles. The van der Waals surface area contributed by atoms with Gasteiger partial charge in [0.2, 0.25) is 0 Å². The zero-order chi connectivity index (χ0) is 23.5. The molecule has 0 bridgehead atoms. The molecule has 2 N–H and O–H groups in total. The smallest absolute Gasteiger partial charge is 0.193 e. The molecule has 2 fully saturated rings. The minimum absolute atomic E-state index is 0.0769. The number of hydrogen-bond acceptors (Lipinski definition) is 3. The quantitative estimate of drug-likeness (QED) is 0.335. The van der Waals surface area contributed by atoms with Crippen molar-refractivity contribution in [3.63, 3.8) is 0 Å². The number of carbonyl (C=O) groups excluding carboxylic acids is 1. The van der Waals surface area contributed by atoms with Gasteiger partial charge in [-0.2, -0.15) is 0 Å². The van der Waals surface area contributed by atoms with Crippen molar-refractivity contribution in [3.05, 3.63) is 34.9 Å². The van der Waals surface area contributed by atoms with Crippen molar-refractivity contribution >= 4 is 5.78 Å². The Morgan fingerprint density at radius 1 is 1.31 bits per heavy atom. The van der Waals surface area contributed by atoms with E-state index in [1.54, 1.807) is 11.6 Å². The summed E-state index contributed by atoms with van der Waals surface area (Å²) >= 11 is 0. The number of rotatable bonds is 8. The van der Waals surface area contributed by atoms with E-state index in [0.717, 1.165) is 51.4 Å². The summed E-state index contributed by atoms with van der Waals surface area (Å²) in [6.07, 6.45) is 13.1. The van der Waals surface area contributed by atoms with Gasteiger partial charge in [-0.25, -0.2) is 4.39 Å². The highest BCUT2D eigenvalue weighted by molar-refractivity contribution is 5.99. The Morgan fingerprint density at radius 3 is 2.72 bits per heavy atom. The summed E-state index contributed by atoms with van der Waals surface area (Å²) in [6.45, 7) is 8.87. The lowest BCUT2D eigenvalue weighted by atomic mass is 9.62. The van der Waals surface area contributed by atoms with Gasteiger partial charge in [0.1, 0.15) is 0 Å². The fourth-order valence-corrected chi connectivity index (χ4v) is 6.45. The maximum atomic E-state index is 13.9. The number of alkyl halides is 1. The van der Waals surface area contributed by atoms with Gasteiger partial charge in [-0.3, -0.25) is 4.79 Å². The number of carbonyl (C=O) groups is 1. The second-order valence-electron chi connectivity index (χ2n) is 10.8. The molecular formula is C28H43FO3. The minimum Gasteiger partial charge on any atom is -0.393 e. The second-order valence-corrected chi connectivity index (χ2v) is 10.8. The van der Waals surface area contributed by atoms with E-state index < -0.39 is 23.7 Å². The van der Waals surface area contributed by atoms with Crippen molar-refractivity contribution in [2.45, 2.75) is 116 Å². The molecule has 0 aromatic carbocycles. The van der Waals surface area contributed by atoms with E-state index in [9.17, 15) is 19.4 Å². The van der Waals surface area contributed by atoms with Crippen LogP contribution in [0.5, 0.6) is 0 Å². The molecule has 5 unspecified atom stereocenters. The lowest BCUT2D eigenvalue weighted by Gasteiger charge is -2.42. The van der Waals surface area contributed by atoms with Crippen LogP contribution in [-0.2, 0) is 4.79 Å². The zero-order valence-corrected chi connectivity index (χ0v) is 20.5. The van der Waals surface area contributed by atoms with Gasteiger partial charge in [0, 0.05) is 18.4 Å². The van der Waals surface area contributed by atoms with Gasteiger partial charge < -0.3 is 10.2 Å². The molecule has 0 aromatic rings. The van der Waals surface area contributed by atoms with Crippen molar-refractivity contribution in [3.8, 4) is 0 Å². The molecule has 3 aliphatic carbocycles. The molecule has 0 aliphatic heterocycles. The predicted octanol–water partition coefficient (Wildman–Crippen LogP) is 6.40. The molecular weight excluding hydrogens is 403 g/mol. The largest absolute Gasteiger partial charge is 0.393 e. The minimum atomic E-state index is -1.57. The van der Waals surface area contributed by atoms with Crippen LogP contribution in [0, 0.1) is 17.3 Å². The van der Waals surface area contributed by atoms with Gasteiger partial charge in [0.25, 0.3) is 0 Å². The van der Waals surface area contributed by atoms with E-state index in [1.807, 2.05) is 0 Å². The topological polar surface area (TPSA) is 57.5 Å². The predicted molar refractivity (Wildman–Crippen MR) is 128 cm³/mol. The highest BCUT2D eigenvalue weighted by atomic mass is 19.1. The summed E-state index contributed by atoms with van der Waals surface area (Å²) < 4.78 is 13.9. The number of aliphatic hydroxyl groups excluding tert-OH is 1. The van der Waals surface area contributed by atoms with Crippen LogP contribution in [0.25, 0.3) is 0 Å². The van der Waals surface area contributed by atoms with Gasteiger partial charge in [0.05, 0.1) is 11.7 Å². The fraction of sp³-hybridized carbons (Fsp3) is 0.750. The molecule has 32 heavy (non-hydrogen) atoms. The number of ketones is 1. The molecule has 3 rings (SSSR count). The fourth-order valence-electron chi connectivity index (χ4n) is 6.45. The first-order valence-electron chi connectivity index (χ1n) is 12.8. The van der Waals surface area contributed by atoms with E-state index in [4.69, 9.17) is 0 Å². The highest BCUT2D eigenvalue weighted by Gasteiger charge is 2.46. The number of fused-ring (bicyclic) bond motifs is 1. The van der Waals surface area contributed by atoms with Crippen LogP contribution in [0.15, 0.2) is 34.9 Å². The van der Waals surface area contributed by atoms with Crippen LogP contribution in [0.1, 0.15) is 98.3 Å². The van der Waals surface area contributed by atoms with Gasteiger partial charge in [-0.1, -0.05) is 63.5 Å². The van der Waals surface area contributed by atoms with E-state index in [0.29, 0.717) is 17.4 Å². The van der Waals surface area contributed by atoms with E-state index in [-0.39, 0.29) is 18.3 Å². The van der Waals surface area contributed by atoms with Gasteiger partial charge in [0.15, 0.2) is 12.0 Å². The van der Waals surface area contributed by atoms with Crippen LogP contribution < -0.4 is 0 Å². The number of Topliss-reactive ketones (excluding diaryl/α,β-unsaturated/α-hetero) is 1. The van der Waals surface area contributed by atoms with Crippen LogP contribution >= 0.6 is 0 Å². The summed E-state index contributed by atoms with van der Waals surface area (Å²) in [5.41, 5.74) is 2.97. The number of allylic oxidation sites excluding steroid dienone is 5. The molecule has 5 atom stereocenters. The molecule has 4 heteroatoms. The molecule has 3 nitrogen and oxygen atoms in total. The maximum Gasteiger partial charge on any atom is 0.193 e. The summed E-state index contributed by atoms with van der Waals surface area (Å²) in [4.78, 5) is 12.2. The number of hydrogen-bond donors (Lipinski definition) is 2. The van der Waals surface area contributed by atoms with Crippen LogP contribution in [0.2, 0.25) is 0 Å². The third-order valence-electron chi connectivity index (χ3n) is 8.77. The van der Waals surface area contributed by atoms with Crippen molar-refractivity contribution in [1.29, 1.82) is 0 Å². The molecule has 0 radical (unpaired) electrons. The first-order valence-corrected chi connectivity index (χ1v) is 12.8. The summed E-state index contributed by atoms with van der Waals surface area (Å²) in [6, 6.07) is 0. The van der Waals surface area contributed by atoms with E-state index in [1.165, 1.54) is 12.0 Å². The molecule has 2 saturated carbocycles.